The van der Waals surface area contributed by atoms with Crippen molar-refractivity contribution in [1.29, 1.82) is 0 Å². The van der Waals surface area contributed by atoms with E-state index in [1.807, 2.05) is 18.2 Å². The Hall–Kier alpha value is -4.57. The van der Waals surface area contributed by atoms with Crippen LogP contribution in [0.15, 0.2) is 67.0 Å². The Morgan fingerprint density at radius 3 is 2.33 bits per heavy atom. The number of aromatic nitrogens is 4. The van der Waals surface area contributed by atoms with Crippen molar-refractivity contribution in [3.8, 4) is 28.5 Å². The average Bonchev–Trinajstić information content (AvgIpc) is 3.75. The number of carbonyl (C=O) groups is 3. The van der Waals surface area contributed by atoms with Gasteiger partial charge in [-0.05, 0) is 55.3 Å². The minimum atomic E-state index is -0.438. The average molecular weight is 585 g/mol. The highest BCUT2D eigenvalue weighted by molar-refractivity contribution is 6.32. The molecule has 0 bridgehead atoms. The van der Waals surface area contributed by atoms with Crippen molar-refractivity contribution in [2.75, 3.05) is 20.2 Å². The number of halogens is 1. The molecule has 2 aromatic heterocycles. The predicted molar refractivity (Wildman–Crippen MR) is 156 cm³/mol. The van der Waals surface area contributed by atoms with Crippen LogP contribution in [-0.4, -0.2) is 73.5 Å². The van der Waals surface area contributed by atoms with E-state index in [0.29, 0.717) is 46.6 Å². The summed E-state index contributed by atoms with van der Waals surface area (Å²) in [6, 6.07) is 15.8. The second kappa shape index (κ2) is 11.7. The van der Waals surface area contributed by atoms with Crippen LogP contribution in [0.4, 0.5) is 0 Å². The lowest BCUT2D eigenvalue weighted by Gasteiger charge is -2.30. The molecule has 10 nitrogen and oxygen atoms in total. The molecule has 3 heterocycles. The van der Waals surface area contributed by atoms with E-state index in [-0.39, 0.29) is 18.5 Å². The Morgan fingerprint density at radius 2 is 1.69 bits per heavy atom. The molecule has 11 heteroatoms. The number of ether oxygens (including phenoxy) is 1. The molecule has 0 spiro atoms. The smallest absolute Gasteiger partial charge is 0.262 e. The summed E-state index contributed by atoms with van der Waals surface area (Å²) in [5, 5.41) is 5.23. The normalized spacial score (nSPS) is 14.9. The Kier molecular flexibility index (Phi) is 7.71. The Bertz CT molecular complexity index is 1620. The first-order chi connectivity index (χ1) is 20.4. The number of imide groups is 1. The van der Waals surface area contributed by atoms with Crippen LogP contribution in [0.25, 0.3) is 22.8 Å². The number of hydrogen-bond acceptors (Lipinski definition) is 7. The van der Waals surface area contributed by atoms with Crippen molar-refractivity contribution in [1.82, 2.24) is 29.5 Å². The van der Waals surface area contributed by atoms with E-state index in [9.17, 15) is 14.4 Å². The van der Waals surface area contributed by atoms with Gasteiger partial charge in [-0.1, -0.05) is 36.6 Å². The summed E-state index contributed by atoms with van der Waals surface area (Å²) in [6.45, 7) is 0.382. The second-order valence-corrected chi connectivity index (χ2v) is 10.7. The van der Waals surface area contributed by atoms with Crippen LogP contribution >= 0.6 is 11.6 Å². The molecule has 4 aromatic rings. The quantitative estimate of drug-likeness (QED) is 0.261. The van der Waals surface area contributed by atoms with Gasteiger partial charge in [0.15, 0.2) is 11.6 Å². The first-order valence-corrected chi connectivity index (χ1v) is 14.3. The lowest BCUT2D eigenvalue weighted by Crippen LogP contribution is -2.47. The van der Waals surface area contributed by atoms with Crippen molar-refractivity contribution >= 4 is 29.3 Å². The fourth-order valence-corrected chi connectivity index (χ4v) is 5.94. The van der Waals surface area contributed by atoms with Gasteiger partial charge in [-0.25, -0.2) is 9.67 Å². The zero-order valence-electron chi connectivity index (χ0n) is 23.1. The molecule has 2 aromatic carbocycles. The molecule has 42 heavy (non-hydrogen) atoms. The highest BCUT2D eigenvalue weighted by Gasteiger charge is 2.38. The number of carbonyl (C=O) groups excluding carboxylic acids is 3. The van der Waals surface area contributed by atoms with Crippen LogP contribution in [0, 0.1) is 0 Å². The molecule has 3 amide bonds. The fourth-order valence-electron chi connectivity index (χ4n) is 5.68. The highest BCUT2D eigenvalue weighted by atomic mass is 35.5. The maximum Gasteiger partial charge on any atom is 0.262 e. The van der Waals surface area contributed by atoms with Crippen molar-refractivity contribution in [3.63, 3.8) is 0 Å². The molecule has 0 atom stereocenters. The van der Waals surface area contributed by atoms with Crippen LogP contribution < -0.4 is 4.74 Å². The first kappa shape index (κ1) is 27.6. The molecule has 0 N–H and O–H groups in total. The van der Waals surface area contributed by atoms with Gasteiger partial charge in [0.1, 0.15) is 12.3 Å². The molecular weight excluding hydrogens is 556 g/mol. The molecule has 2 aliphatic rings. The van der Waals surface area contributed by atoms with Crippen LogP contribution in [0.5, 0.6) is 5.75 Å². The molecule has 0 radical (unpaired) electrons. The van der Waals surface area contributed by atoms with Gasteiger partial charge >= 0.3 is 0 Å². The fraction of sp³-hybridized carbons (Fsp3) is 0.290. The Labute approximate surface area is 247 Å². The summed E-state index contributed by atoms with van der Waals surface area (Å²) in [5.74, 6) is 0.515. The maximum absolute atomic E-state index is 13.7. The minimum Gasteiger partial charge on any atom is -0.495 e. The lowest BCUT2D eigenvalue weighted by atomic mass is 10.1. The third-order valence-electron chi connectivity index (χ3n) is 7.83. The summed E-state index contributed by atoms with van der Waals surface area (Å²) >= 11 is 6.45. The number of hydrogen-bond donors (Lipinski definition) is 0. The van der Waals surface area contributed by atoms with Crippen molar-refractivity contribution in [2.45, 2.75) is 38.3 Å². The Morgan fingerprint density at radius 1 is 1.00 bits per heavy atom. The molecule has 1 saturated carbocycles. The van der Waals surface area contributed by atoms with Crippen molar-refractivity contribution in [3.05, 3.63) is 83.1 Å². The number of pyridine rings is 1. The third kappa shape index (κ3) is 5.25. The molecule has 0 unspecified atom stereocenters. The number of amides is 3. The monoisotopic (exact) mass is 584 g/mol. The summed E-state index contributed by atoms with van der Waals surface area (Å²) in [5.41, 5.74) is 2.21. The number of benzene rings is 2. The van der Waals surface area contributed by atoms with Gasteiger partial charge < -0.3 is 9.64 Å². The van der Waals surface area contributed by atoms with Crippen LogP contribution in [0.1, 0.15) is 46.4 Å². The standard InChI is InChI=1S/C31H29ClN6O4/c1-42-26-11-10-21(18-25(26)32)29-34-28(20-12-14-33-15-13-20)35-38(29)17-16-36(22-6-2-3-7-22)27(39)19-37-30(40)23-8-4-5-9-24(23)31(37)41/h4-5,8-15,18,22H,2-3,6-7,16-17,19H2,1H3. The van der Waals surface area contributed by atoms with E-state index >= 15 is 0 Å². The van der Waals surface area contributed by atoms with Gasteiger partial charge in [-0.15, -0.1) is 0 Å². The van der Waals surface area contributed by atoms with Crippen molar-refractivity contribution in [2.24, 2.45) is 0 Å². The van der Waals surface area contributed by atoms with Crippen LogP contribution in [0.2, 0.25) is 5.02 Å². The van der Waals surface area contributed by atoms with E-state index in [4.69, 9.17) is 26.4 Å². The van der Waals surface area contributed by atoms with E-state index in [1.165, 1.54) is 0 Å². The number of methoxy groups -OCH3 is 1. The second-order valence-electron chi connectivity index (χ2n) is 10.3. The zero-order chi connectivity index (χ0) is 29.2. The molecule has 1 aliphatic carbocycles. The third-order valence-corrected chi connectivity index (χ3v) is 8.13. The minimum absolute atomic E-state index is 0.0229. The summed E-state index contributed by atoms with van der Waals surface area (Å²) < 4.78 is 7.08. The van der Waals surface area contributed by atoms with Gasteiger partial charge in [0.2, 0.25) is 5.91 Å². The lowest BCUT2D eigenvalue weighted by molar-refractivity contribution is -0.134. The van der Waals surface area contributed by atoms with E-state index < -0.39 is 11.8 Å². The summed E-state index contributed by atoms with van der Waals surface area (Å²) in [4.78, 5) is 51.4. The topological polar surface area (TPSA) is 111 Å². The van der Waals surface area contributed by atoms with Crippen molar-refractivity contribution < 1.29 is 19.1 Å². The van der Waals surface area contributed by atoms with Gasteiger partial charge in [0.25, 0.3) is 11.8 Å². The Balaban J connectivity index is 1.28. The predicted octanol–water partition coefficient (Wildman–Crippen LogP) is 4.74. The molecule has 0 saturated heterocycles. The molecule has 6 rings (SSSR count). The summed E-state index contributed by atoms with van der Waals surface area (Å²) in [7, 11) is 1.56. The van der Waals surface area contributed by atoms with E-state index in [1.54, 1.807) is 65.5 Å². The number of nitrogens with zero attached hydrogens (tertiary/aromatic N) is 6. The molecular formula is C31H29ClN6O4. The van der Waals surface area contributed by atoms with E-state index in [2.05, 4.69) is 4.98 Å². The zero-order valence-corrected chi connectivity index (χ0v) is 23.8. The van der Waals surface area contributed by atoms with Gasteiger partial charge in [-0.3, -0.25) is 24.3 Å². The van der Waals surface area contributed by atoms with Gasteiger partial charge in [0.05, 0.1) is 29.8 Å². The molecule has 214 valence electrons. The highest BCUT2D eigenvalue weighted by Crippen LogP contribution is 2.31. The molecule has 1 aliphatic heterocycles. The van der Waals surface area contributed by atoms with Gasteiger partial charge in [0, 0.05) is 36.1 Å². The largest absolute Gasteiger partial charge is 0.495 e. The molecule has 1 fully saturated rings. The number of fused-ring (bicyclic) bond motifs is 1. The van der Waals surface area contributed by atoms with E-state index in [0.717, 1.165) is 41.7 Å². The van der Waals surface area contributed by atoms with Crippen LogP contribution in [-0.2, 0) is 11.3 Å². The van der Waals surface area contributed by atoms with Gasteiger partial charge in [-0.2, -0.15) is 5.10 Å². The number of rotatable bonds is 9. The first-order valence-electron chi connectivity index (χ1n) is 13.9. The van der Waals surface area contributed by atoms with Crippen LogP contribution in [0.3, 0.4) is 0 Å². The maximum atomic E-state index is 13.7. The SMILES string of the molecule is COc1ccc(-c2nc(-c3ccncc3)nn2CCN(C(=O)CN2C(=O)c3ccccc3C2=O)C2CCCC2)cc1Cl. The summed E-state index contributed by atoms with van der Waals surface area (Å²) in [6.07, 6.45) is 7.14.